The first kappa shape index (κ1) is 8.74. The van der Waals surface area contributed by atoms with Gasteiger partial charge in [0.15, 0.2) is 0 Å². The van der Waals surface area contributed by atoms with E-state index in [-0.39, 0.29) is 37.7 Å². The fourth-order valence-electron chi connectivity index (χ4n) is 0.754. The summed E-state index contributed by atoms with van der Waals surface area (Å²) in [6, 6.07) is 0. The molecule has 0 saturated carbocycles. The Morgan fingerprint density at radius 1 is 1.62 bits per heavy atom. The van der Waals surface area contributed by atoms with Crippen LogP contribution in [0, 0.1) is 0 Å². The van der Waals surface area contributed by atoms with Crippen LogP contribution in [0.1, 0.15) is 19.8 Å². The molecule has 1 aliphatic carbocycles. The molecule has 0 radical (unpaired) electrons. The van der Waals surface area contributed by atoms with Crippen LogP contribution in [0.3, 0.4) is 0 Å². The number of rotatable bonds is 1. The van der Waals surface area contributed by atoms with Gasteiger partial charge >= 0.3 is 37.7 Å². The average molecular weight is 136 g/mol. The molecule has 0 saturated heterocycles. The summed E-state index contributed by atoms with van der Waals surface area (Å²) in [5.74, 6) is 0. The predicted octanol–water partition coefficient (Wildman–Crippen LogP) is 1.37. The first-order valence-corrected chi connectivity index (χ1v) is 2.78. The molecule has 0 aliphatic heterocycles. The molecule has 42 valence electrons. The molecular formula is C7H12Ca. The van der Waals surface area contributed by atoms with Crippen LogP contribution in [-0.4, -0.2) is 37.7 Å². The van der Waals surface area contributed by atoms with Gasteiger partial charge in [0.25, 0.3) is 0 Å². The van der Waals surface area contributed by atoms with Crippen LogP contribution in [0.5, 0.6) is 0 Å². The second-order valence-electron chi connectivity index (χ2n) is 1.81. The van der Waals surface area contributed by atoms with Crippen molar-refractivity contribution in [2.24, 2.45) is 0 Å². The summed E-state index contributed by atoms with van der Waals surface area (Å²) < 4.78 is 0. The van der Waals surface area contributed by atoms with E-state index in [0.29, 0.717) is 0 Å². The third-order valence-corrected chi connectivity index (χ3v) is 1.30. The van der Waals surface area contributed by atoms with E-state index >= 15 is 0 Å². The number of hydrogen-bond donors (Lipinski definition) is 0. The van der Waals surface area contributed by atoms with Crippen molar-refractivity contribution in [3.8, 4) is 0 Å². The van der Waals surface area contributed by atoms with E-state index in [1.807, 2.05) is 0 Å². The topological polar surface area (TPSA) is 0 Å². The Balaban J connectivity index is 0.000000490. The van der Waals surface area contributed by atoms with E-state index in [9.17, 15) is 0 Å². The predicted molar refractivity (Wildman–Crippen MR) is 40.7 cm³/mol. The maximum absolute atomic E-state index is 2.19. The van der Waals surface area contributed by atoms with Gasteiger partial charge in [0.2, 0.25) is 0 Å². The standard InChI is InChI=1S/C7H10.Ca.2H/c1-2-7-5-3-4-6-7;;;/h3-5H,2,6H2,1H3;;;. The molecule has 0 nitrogen and oxygen atoms in total. The third kappa shape index (κ3) is 2.34. The average Bonchev–Trinajstić information content (AvgIpc) is 2.14. The molecule has 0 atom stereocenters. The van der Waals surface area contributed by atoms with Gasteiger partial charge in [-0.05, 0) is 12.8 Å². The Kier molecular flexibility index (Phi) is 5.03. The molecule has 0 aromatic carbocycles. The number of hydrogen-bond acceptors (Lipinski definition) is 0. The summed E-state index contributed by atoms with van der Waals surface area (Å²) in [6.07, 6.45) is 8.92. The third-order valence-electron chi connectivity index (χ3n) is 1.30. The zero-order valence-corrected chi connectivity index (χ0v) is 4.65. The van der Waals surface area contributed by atoms with Gasteiger partial charge in [0.05, 0.1) is 0 Å². The van der Waals surface area contributed by atoms with E-state index in [2.05, 4.69) is 25.2 Å². The van der Waals surface area contributed by atoms with Crippen molar-refractivity contribution >= 4 is 37.7 Å². The van der Waals surface area contributed by atoms with Crippen molar-refractivity contribution in [3.63, 3.8) is 0 Å². The van der Waals surface area contributed by atoms with Gasteiger partial charge < -0.3 is 0 Å². The molecular weight excluding hydrogens is 124 g/mol. The van der Waals surface area contributed by atoms with Crippen LogP contribution >= 0.6 is 0 Å². The summed E-state index contributed by atoms with van der Waals surface area (Å²) in [5, 5.41) is 0. The molecule has 8 heavy (non-hydrogen) atoms. The van der Waals surface area contributed by atoms with E-state index in [4.69, 9.17) is 0 Å². The quantitative estimate of drug-likeness (QED) is 0.478. The Hall–Kier alpha value is 0.740. The SMILES string of the molecule is CCC1=CC=CC1.[CaH2]. The Labute approximate surface area is 80.7 Å². The molecule has 0 heterocycles. The van der Waals surface area contributed by atoms with Crippen molar-refractivity contribution in [3.05, 3.63) is 23.8 Å². The second kappa shape index (κ2) is 4.60. The zero-order valence-electron chi connectivity index (χ0n) is 4.65. The van der Waals surface area contributed by atoms with Crippen LogP contribution < -0.4 is 0 Å². The Bertz CT molecular complexity index is 112. The molecule has 0 unspecified atom stereocenters. The minimum absolute atomic E-state index is 0. The first-order valence-electron chi connectivity index (χ1n) is 2.78. The molecule has 0 N–H and O–H groups in total. The van der Waals surface area contributed by atoms with Crippen molar-refractivity contribution in [2.45, 2.75) is 19.8 Å². The van der Waals surface area contributed by atoms with Crippen molar-refractivity contribution in [1.29, 1.82) is 0 Å². The van der Waals surface area contributed by atoms with E-state index in [0.717, 1.165) is 0 Å². The van der Waals surface area contributed by atoms with Crippen LogP contribution in [0.4, 0.5) is 0 Å². The van der Waals surface area contributed by atoms with Crippen molar-refractivity contribution in [1.82, 2.24) is 0 Å². The van der Waals surface area contributed by atoms with E-state index < -0.39 is 0 Å². The van der Waals surface area contributed by atoms with Crippen LogP contribution in [-0.2, 0) is 0 Å². The van der Waals surface area contributed by atoms with Crippen LogP contribution in [0.25, 0.3) is 0 Å². The summed E-state index contributed by atoms with van der Waals surface area (Å²) >= 11 is 0. The van der Waals surface area contributed by atoms with Gasteiger partial charge in [-0.15, -0.1) is 0 Å². The zero-order chi connectivity index (χ0) is 5.11. The van der Waals surface area contributed by atoms with Gasteiger partial charge in [-0.1, -0.05) is 30.7 Å². The van der Waals surface area contributed by atoms with Gasteiger partial charge in [-0.25, -0.2) is 0 Å². The molecule has 1 aliphatic rings. The fraction of sp³-hybridized carbons (Fsp3) is 0.429. The first-order chi connectivity index (χ1) is 3.43. The summed E-state index contributed by atoms with van der Waals surface area (Å²) in [7, 11) is 0. The van der Waals surface area contributed by atoms with E-state index in [1.54, 1.807) is 5.57 Å². The summed E-state index contributed by atoms with van der Waals surface area (Å²) in [6.45, 7) is 2.19. The van der Waals surface area contributed by atoms with Gasteiger partial charge in [0.1, 0.15) is 0 Å². The van der Waals surface area contributed by atoms with Gasteiger partial charge in [-0.2, -0.15) is 0 Å². The molecule has 0 aromatic heterocycles. The van der Waals surface area contributed by atoms with Crippen LogP contribution in [0.2, 0.25) is 0 Å². The molecule has 0 aromatic rings. The minimum atomic E-state index is 0. The van der Waals surface area contributed by atoms with E-state index in [1.165, 1.54) is 12.8 Å². The number of allylic oxidation sites excluding steroid dienone is 4. The molecule has 1 rings (SSSR count). The molecule has 0 fully saturated rings. The molecule has 0 spiro atoms. The summed E-state index contributed by atoms with van der Waals surface area (Å²) in [5.41, 5.74) is 1.56. The summed E-state index contributed by atoms with van der Waals surface area (Å²) in [4.78, 5) is 0. The van der Waals surface area contributed by atoms with Crippen LogP contribution in [0.15, 0.2) is 23.8 Å². The maximum atomic E-state index is 2.19. The fourth-order valence-corrected chi connectivity index (χ4v) is 0.754. The van der Waals surface area contributed by atoms with Gasteiger partial charge in [-0.3, -0.25) is 0 Å². The molecule has 0 amide bonds. The molecule has 1 heteroatoms. The molecule has 0 bridgehead atoms. The second-order valence-corrected chi connectivity index (χ2v) is 1.81. The Morgan fingerprint density at radius 2 is 2.38 bits per heavy atom. The monoisotopic (exact) mass is 136 g/mol. The Morgan fingerprint density at radius 3 is 2.62 bits per heavy atom. The normalized spacial score (nSPS) is 15.4. The van der Waals surface area contributed by atoms with Crippen molar-refractivity contribution < 1.29 is 0 Å². The van der Waals surface area contributed by atoms with Crippen molar-refractivity contribution in [2.75, 3.05) is 0 Å². The van der Waals surface area contributed by atoms with Gasteiger partial charge in [0, 0.05) is 0 Å².